The Kier molecular flexibility index (Phi) is 4.51. The summed E-state index contributed by atoms with van der Waals surface area (Å²) in [5.74, 6) is -1.66. The van der Waals surface area contributed by atoms with Crippen molar-refractivity contribution in [3.63, 3.8) is 0 Å². The van der Waals surface area contributed by atoms with Gasteiger partial charge in [-0.05, 0) is 29.2 Å². The summed E-state index contributed by atoms with van der Waals surface area (Å²) >= 11 is 0. The van der Waals surface area contributed by atoms with Crippen LogP contribution in [0.1, 0.15) is 20.7 Å². The Labute approximate surface area is 164 Å². The molecule has 11 heteroatoms. The normalized spacial score (nSPS) is 13.6. The van der Waals surface area contributed by atoms with Crippen LogP contribution >= 0.6 is 0 Å². The molecule has 0 radical (unpaired) electrons. The summed E-state index contributed by atoms with van der Waals surface area (Å²) in [5.41, 5.74) is 0.544. The molecule has 0 bridgehead atoms. The number of ether oxygens (including phenoxy) is 1. The van der Waals surface area contributed by atoms with Gasteiger partial charge in [0.2, 0.25) is 0 Å². The van der Waals surface area contributed by atoms with Crippen molar-refractivity contribution in [3.8, 4) is 5.88 Å². The lowest BCUT2D eigenvalue weighted by Crippen LogP contribution is -2.35. The molecule has 0 fully saturated rings. The molecule has 0 aliphatic carbocycles. The van der Waals surface area contributed by atoms with E-state index in [1.165, 1.54) is 36.4 Å². The van der Waals surface area contributed by atoms with Crippen molar-refractivity contribution < 1.29 is 32.3 Å². The fourth-order valence-corrected chi connectivity index (χ4v) is 4.13. The van der Waals surface area contributed by atoms with Crippen LogP contribution in [0.15, 0.2) is 69.1 Å². The number of sulfone groups is 1. The van der Waals surface area contributed by atoms with Crippen LogP contribution in [0, 0.1) is 5.21 Å². The van der Waals surface area contributed by atoms with E-state index in [4.69, 9.17) is 4.74 Å². The number of rotatable bonds is 6. The lowest BCUT2D eigenvalue weighted by molar-refractivity contribution is -0.805. The first-order valence-corrected chi connectivity index (χ1v) is 9.87. The highest BCUT2D eigenvalue weighted by molar-refractivity contribution is 7.91. The number of benzene rings is 2. The monoisotopic (exact) mass is 415 g/mol. The van der Waals surface area contributed by atoms with Crippen molar-refractivity contribution >= 4 is 21.7 Å². The molecule has 0 saturated carbocycles. The van der Waals surface area contributed by atoms with E-state index < -0.39 is 32.6 Å². The number of hydrogen-bond acceptors (Lipinski definition) is 8. The molecular weight excluding hydrogens is 402 g/mol. The number of aromatic nitrogens is 2. The molecule has 4 rings (SSSR count). The van der Waals surface area contributed by atoms with E-state index in [1.807, 2.05) is 0 Å². The molecule has 10 nitrogen and oxygen atoms in total. The molecule has 0 spiro atoms. The SMILES string of the molecule is O=C1c2ccccc2C(=O)N1CCOc1c(S(=O)(=O)c2ccccc2)no[n+]1[O-]. The van der Waals surface area contributed by atoms with Crippen LogP contribution in [0.3, 0.4) is 0 Å². The van der Waals surface area contributed by atoms with Gasteiger partial charge in [0.05, 0.1) is 27.7 Å². The highest BCUT2D eigenvalue weighted by Crippen LogP contribution is 2.26. The van der Waals surface area contributed by atoms with Crippen LogP contribution in [-0.4, -0.2) is 43.4 Å². The van der Waals surface area contributed by atoms with Crippen molar-refractivity contribution in [2.75, 3.05) is 13.2 Å². The van der Waals surface area contributed by atoms with Crippen molar-refractivity contribution in [1.82, 2.24) is 10.1 Å². The van der Waals surface area contributed by atoms with Gasteiger partial charge < -0.3 is 9.94 Å². The van der Waals surface area contributed by atoms with Crippen molar-refractivity contribution in [2.24, 2.45) is 0 Å². The van der Waals surface area contributed by atoms with Crippen LogP contribution in [0.5, 0.6) is 5.88 Å². The second kappa shape index (κ2) is 7.02. The van der Waals surface area contributed by atoms with E-state index in [0.29, 0.717) is 0 Å². The molecule has 29 heavy (non-hydrogen) atoms. The van der Waals surface area contributed by atoms with Crippen LogP contribution in [0.25, 0.3) is 0 Å². The fraction of sp³-hybridized carbons (Fsp3) is 0.111. The summed E-state index contributed by atoms with van der Waals surface area (Å²) < 4.78 is 35.0. The van der Waals surface area contributed by atoms with Crippen molar-refractivity contribution in [1.29, 1.82) is 0 Å². The summed E-state index contributed by atoms with van der Waals surface area (Å²) in [7, 11) is -4.16. The summed E-state index contributed by atoms with van der Waals surface area (Å²) in [6.07, 6.45) is 0. The Bertz CT molecular complexity index is 1170. The minimum atomic E-state index is -4.16. The van der Waals surface area contributed by atoms with Gasteiger partial charge >= 0.3 is 10.9 Å². The van der Waals surface area contributed by atoms with Gasteiger partial charge in [-0.3, -0.25) is 19.1 Å². The molecule has 0 atom stereocenters. The number of carbonyl (C=O) groups is 2. The molecule has 1 aromatic heterocycles. The number of hydrogen-bond donors (Lipinski definition) is 0. The Morgan fingerprint density at radius 3 is 2.21 bits per heavy atom. The first-order valence-electron chi connectivity index (χ1n) is 8.39. The van der Waals surface area contributed by atoms with Crippen LogP contribution in [0.4, 0.5) is 0 Å². The Balaban J connectivity index is 1.52. The van der Waals surface area contributed by atoms with E-state index in [0.717, 1.165) is 4.90 Å². The highest BCUT2D eigenvalue weighted by Gasteiger charge is 2.37. The summed E-state index contributed by atoms with van der Waals surface area (Å²) in [6.45, 7) is -0.519. The molecule has 3 aromatic rings. The van der Waals surface area contributed by atoms with Crippen molar-refractivity contribution in [2.45, 2.75) is 9.92 Å². The van der Waals surface area contributed by atoms with E-state index in [9.17, 15) is 23.2 Å². The van der Waals surface area contributed by atoms with E-state index in [1.54, 1.807) is 18.2 Å². The maximum atomic E-state index is 12.7. The van der Waals surface area contributed by atoms with Crippen LogP contribution < -0.4 is 9.64 Å². The highest BCUT2D eigenvalue weighted by atomic mass is 32.2. The van der Waals surface area contributed by atoms with Gasteiger partial charge in [-0.15, -0.1) is 0 Å². The molecule has 2 aromatic carbocycles. The summed E-state index contributed by atoms with van der Waals surface area (Å²) in [5, 5.41) is 14.4. The zero-order valence-corrected chi connectivity index (χ0v) is 15.5. The molecule has 0 unspecified atom stereocenters. The van der Waals surface area contributed by atoms with E-state index in [2.05, 4.69) is 9.79 Å². The first-order chi connectivity index (χ1) is 13.9. The predicted octanol–water partition coefficient (Wildman–Crippen LogP) is 0.816. The minimum absolute atomic E-state index is 0.0981. The molecule has 1 aliphatic rings. The Morgan fingerprint density at radius 1 is 1.00 bits per heavy atom. The van der Waals surface area contributed by atoms with Gasteiger partial charge in [-0.25, -0.2) is 8.42 Å². The zero-order chi connectivity index (χ0) is 20.6. The fourth-order valence-electron chi connectivity index (χ4n) is 2.89. The maximum Gasteiger partial charge on any atom is 0.393 e. The third-order valence-electron chi connectivity index (χ3n) is 4.29. The molecule has 2 heterocycles. The second-order valence-corrected chi connectivity index (χ2v) is 7.88. The van der Waals surface area contributed by atoms with Gasteiger partial charge in [0, 0.05) is 0 Å². The number of amides is 2. The molecule has 0 saturated heterocycles. The lowest BCUT2D eigenvalue weighted by atomic mass is 10.1. The summed E-state index contributed by atoms with van der Waals surface area (Å²) in [6, 6.07) is 13.7. The topological polar surface area (TPSA) is 134 Å². The van der Waals surface area contributed by atoms with E-state index in [-0.39, 0.29) is 34.1 Å². The van der Waals surface area contributed by atoms with Gasteiger partial charge in [-0.1, -0.05) is 30.3 Å². The van der Waals surface area contributed by atoms with Crippen LogP contribution in [-0.2, 0) is 9.84 Å². The first kappa shape index (κ1) is 18.6. The second-order valence-electron chi connectivity index (χ2n) is 6.01. The van der Waals surface area contributed by atoms with Gasteiger partial charge in [-0.2, -0.15) is 0 Å². The zero-order valence-electron chi connectivity index (χ0n) is 14.7. The average Bonchev–Trinajstić information content (AvgIpc) is 3.22. The molecule has 1 aliphatic heterocycles. The quantitative estimate of drug-likeness (QED) is 0.427. The number of nitrogens with zero attached hydrogens (tertiary/aromatic N) is 3. The van der Waals surface area contributed by atoms with Gasteiger partial charge in [0.25, 0.3) is 21.7 Å². The van der Waals surface area contributed by atoms with Crippen LogP contribution in [0.2, 0.25) is 0 Å². The molecule has 2 amide bonds. The smallest absolute Gasteiger partial charge is 0.393 e. The van der Waals surface area contributed by atoms with Gasteiger partial charge in [0.15, 0.2) is 0 Å². The molecular formula is C18H13N3O7S. The maximum absolute atomic E-state index is 12.7. The Morgan fingerprint density at radius 2 is 1.59 bits per heavy atom. The largest absolute Gasteiger partial charge is 0.454 e. The van der Waals surface area contributed by atoms with Crippen molar-refractivity contribution in [3.05, 3.63) is 70.9 Å². The lowest BCUT2D eigenvalue weighted by Gasteiger charge is -2.13. The number of carbonyl (C=O) groups excluding carboxylic acids is 2. The predicted molar refractivity (Wildman–Crippen MR) is 94.7 cm³/mol. The third kappa shape index (κ3) is 3.10. The van der Waals surface area contributed by atoms with Gasteiger partial charge in [0.1, 0.15) is 6.61 Å². The minimum Gasteiger partial charge on any atom is -0.454 e. The molecule has 0 N–H and O–H groups in total. The summed E-state index contributed by atoms with van der Waals surface area (Å²) in [4.78, 5) is 25.3. The van der Waals surface area contributed by atoms with E-state index >= 15 is 0 Å². The third-order valence-corrected chi connectivity index (χ3v) is 5.94. The average molecular weight is 415 g/mol. The standard InChI is InChI=1S/C18H13N3O7S/c22-16-13-8-4-5-9-14(13)17(23)20(16)10-11-27-18-15(19-28-21(18)24)29(25,26)12-6-2-1-3-7-12/h1-9H,10-11H2. The number of imide groups is 1. The number of fused-ring (bicyclic) bond motifs is 1. The molecule has 148 valence electrons. The Hall–Kier alpha value is -3.73.